The fraction of sp³-hybridized carbons (Fsp3) is 0.357. The Morgan fingerprint density at radius 3 is 2.67 bits per heavy atom. The van der Waals surface area contributed by atoms with Crippen LogP contribution < -0.4 is 5.32 Å². The summed E-state index contributed by atoms with van der Waals surface area (Å²) in [7, 11) is 0. The fourth-order valence-electron chi connectivity index (χ4n) is 2.26. The molecule has 0 aliphatic rings. The molecule has 0 unspecified atom stereocenters. The molecule has 0 aliphatic carbocycles. The summed E-state index contributed by atoms with van der Waals surface area (Å²) >= 11 is 8.60. The van der Waals surface area contributed by atoms with Crippen molar-refractivity contribution in [2.75, 3.05) is 11.9 Å². The van der Waals surface area contributed by atoms with Crippen LogP contribution in [0.3, 0.4) is 0 Å². The first kappa shape index (κ1) is 13.9. The normalized spacial score (nSPS) is 10.9. The summed E-state index contributed by atoms with van der Waals surface area (Å²) in [4.78, 5) is 4.65. The molecule has 0 amide bonds. The number of benzene rings is 1. The van der Waals surface area contributed by atoms with Gasteiger partial charge in [-0.05, 0) is 60.6 Å². The van der Waals surface area contributed by atoms with Gasteiger partial charge in [0.25, 0.3) is 0 Å². The zero-order chi connectivity index (χ0) is 13.3. The third-order valence-electron chi connectivity index (χ3n) is 3.02. The number of fused-ring (bicyclic) bond motifs is 1. The lowest BCUT2D eigenvalue weighted by Gasteiger charge is -2.16. The SMILES string of the molecule is CCNc1c(CC)c(C)nc2c(Cl)cc(I)cc12. The predicted octanol–water partition coefficient (Wildman–Crippen LogP) is 4.80. The van der Waals surface area contributed by atoms with E-state index in [0.29, 0.717) is 0 Å². The monoisotopic (exact) mass is 374 g/mol. The molecular formula is C14H16ClIN2. The van der Waals surface area contributed by atoms with E-state index in [2.05, 4.69) is 52.8 Å². The van der Waals surface area contributed by atoms with Crippen LogP contribution in [0, 0.1) is 10.5 Å². The molecule has 0 radical (unpaired) electrons. The van der Waals surface area contributed by atoms with E-state index in [4.69, 9.17) is 11.6 Å². The van der Waals surface area contributed by atoms with Gasteiger partial charge < -0.3 is 5.32 Å². The molecule has 0 aliphatic heterocycles. The van der Waals surface area contributed by atoms with Crippen LogP contribution in [0.15, 0.2) is 12.1 Å². The highest BCUT2D eigenvalue weighted by molar-refractivity contribution is 14.1. The third-order valence-corrected chi connectivity index (χ3v) is 3.93. The smallest absolute Gasteiger partial charge is 0.0913 e. The molecule has 0 fully saturated rings. The van der Waals surface area contributed by atoms with Crippen LogP contribution in [0.25, 0.3) is 10.9 Å². The van der Waals surface area contributed by atoms with Crippen LogP contribution >= 0.6 is 34.2 Å². The first-order valence-electron chi connectivity index (χ1n) is 6.10. The van der Waals surface area contributed by atoms with Crippen molar-refractivity contribution in [2.24, 2.45) is 0 Å². The second-order valence-electron chi connectivity index (χ2n) is 4.22. The van der Waals surface area contributed by atoms with Crippen LogP contribution in [0.4, 0.5) is 5.69 Å². The minimum atomic E-state index is 0.724. The Hall–Kier alpha value is -0.550. The Morgan fingerprint density at radius 1 is 1.33 bits per heavy atom. The van der Waals surface area contributed by atoms with Crippen molar-refractivity contribution in [3.63, 3.8) is 0 Å². The number of rotatable bonds is 3. The van der Waals surface area contributed by atoms with E-state index in [9.17, 15) is 0 Å². The summed E-state index contributed by atoms with van der Waals surface area (Å²) in [6, 6.07) is 4.10. The minimum Gasteiger partial charge on any atom is -0.384 e. The van der Waals surface area contributed by atoms with Gasteiger partial charge in [-0.15, -0.1) is 0 Å². The fourth-order valence-corrected chi connectivity index (χ4v) is 3.33. The predicted molar refractivity (Wildman–Crippen MR) is 87.7 cm³/mol. The van der Waals surface area contributed by atoms with E-state index in [1.165, 1.54) is 11.3 Å². The average molecular weight is 375 g/mol. The second-order valence-corrected chi connectivity index (χ2v) is 5.87. The van der Waals surface area contributed by atoms with Crippen molar-refractivity contribution < 1.29 is 0 Å². The maximum absolute atomic E-state index is 6.31. The van der Waals surface area contributed by atoms with Gasteiger partial charge >= 0.3 is 0 Å². The average Bonchev–Trinajstić information content (AvgIpc) is 2.31. The third kappa shape index (κ3) is 2.43. The van der Waals surface area contributed by atoms with Gasteiger partial charge in [-0.3, -0.25) is 4.98 Å². The first-order chi connectivity index (χ1) is 8.58. The summed E-state index contributed by atoms with van der Waals surface area (Å²) in [5.41, 5.74) is 4.41. The molecule has 0 saturated heterocycles. The molecule has 0 saturated carbocycles. The number of halogens is 2. The van der Waals surface area contributed by atoms with Gasteiger partial charge in [-0.2, -0.15) is 0 Å². The summed E-state index contributed by atoms with van der Waals surface area (Å²) in [6.45, 7) is 7.21. The molecule has 2 nitrogen and oxygen atoms in total. The van der Waals surface area contributed by atoms with Crippen LogP contribution in [-0.4, -0.2) is 11.5 Å². The van der Waals surface area contributed by atoms with E-state index in [1.807, 2.05) is 13.0 Å². The minimum absolute atomic E-state index is 0.724. The quantitative estimate of drug-likeness (QED) is 0.781. The number of aryl methyl sites for hydroxylation is 1. The molecule has 2 rings (SSSR count). The first-order valence-corrected chi connectivity index (χ1v) is 7.56. The Balaban J connectivity index is 2.87. The van der Waals surface area contributed by atoms with Crippen molar-refractivity contribution in [3.05, 3.63) is 32.0 Å². The van der Waals surface area contributed by atoms with Gasteiger partial charge in [0, 0.05) is 26.9 Å². The molecule has 0 bridgehead atoms. The number of anilines is 1. The number of nitrogens with zero attached hydrogens (tertiary/aromatic N) is 1. The van der Waals surface area contributed by atoms with Crippen molar-refractivity contribution in [2.45, 2.75) is 27.2 Å². The number of pyridine rings is 1. The molecule has 96 valence electrons. The molecule has 2 aromatic rings. The van der Waals surface area contributed by atoms with E-state index < -0.39 is 0 Å². The molecule has 1 N–H and O–H groups in total. The zero-order valence-electron chi connectivity index (χ0n) is 10.8. The molecule has 4 heteroatoms. The number of hydrogen-bond donors (Lipinski definition) is 1. The van der Waals surface area contributed by atoms with Gasteiger partial charge in [0.15, 0.2) is 0 Å². The highest BCUT2D eigenvalue weighted by atomic mass is 127. The Kier molecular flexibility index (Phi) is 4.33. The lowest BCUT2D eigenvalue weighted by atomic mass is 10.0. The highest BCUT2D eigenvalue weighted by Crippen LogP contribution is 2.34. The molecule has 1 heterocycles. The Bertz CT molecular complexity index is 596. The van der Waals surface area contributed by atoms with Crippen LogP contribution in [0.5, 0.6) is 0 Å². The summed E-state index contributed by atoms with van der Waals surface area (Å²) < 4.78 is 1.14. The maximum atomic E-state index is 6.31. The summed E-state index contributed by atoms with van der Waals surface area (Å²) in [6.07, 6.45) is 0.972. The molecule has 0 atom stereocenters. The summed E-state index contributed by atoms with van der Waals surface area (Å²) in [5.74, 6) is 0. The van der Waals surface area contributed by atoms with Crippen LogP contribution in [0.2, 0.25) is 5.02 Å². The number of hydrogen-bond acceptors (Lipinski definition) is 2. The van der Waals surface area contributed by atoms with Gasteiger partial charge in [-0.1, -0.05) is 18.5 Å². The molecule has 18 heavy (non-hydrogen) atoms. The van der Waals surface area contributed by atoms with Gasteiger partial charge in [0.2, 0.25) is 0 Å². The number of aromatic nitrogens is 1. The van der Waals surface area contributed by atoms with E-state index >= 15 is 0 Å². The molecule has 1 aromatic heterocycles. The van der Waals surface area contributed by atoms with Crippen molar-refractivity contribution in [3.8, 4) is 0 Å². The molecule has 0 spiro atoms. The van der Waals surface area contributed by atoms with Crippen molar-refractivity contribution in [1.82, 2.24) is 4.98 Å². The zero-order valence-corrected chi connectivity index (χ0v) is 13.7. The maximum Gasteiger partial charge on any atom is 0.0913 e. The largest absolute Gasteiger partial charge is 0.384 e. The highest BCUT2D eigenvalue weighted by Gasteiger charge is 2.13. The lowest BCUT2D eigenvalue weighted by molar-refractivity contribution is 1.06. The molecule has 1 aromatic carbocycles. The van der Waals surface area contributed by atoms with Gasteiger partial charge in [0.05, 0.1) is 10.5 Å². The van der Waals surface area contributed by atoms with E-state index in [1.54, 1.807) is 0 Å². The van der Waals surface area contributed by atoms with Gasteiger partial charge in [0.1, 0.15) is 0 Å². The second kappa shape index (κ2) is 5.61. The van der Waals surface area contributed by atoms with Gasteiger partial charge in [-0.25, -0.2) is 0 Å². The Morgan fingerprint density at radius 2 is 2.06 bits per heavy atom. The Labute approximate surface area is 126 Å². The summed E-state index contributed by atoms with van der Waals surface area (Å²) in [5, 5.41) is 5.31. The van der Waals surface area contributed by atoms with E-state index in [-0.39, 0.29) is 0 Å². The van der Waals surface area contributed by atoms with Crippen LogP contribution in [0.1, 0.15) is 25.1 Å². The van der Waals surface area contributed by atoms with Crippen LogP contribution in [-0.2, 0) is 6.42 Å². The number of nitrogens with one attached hydrogen (secondary N) is 1. The topological polar surface area (TPSA) is 24.9 Å². The lowest BCUT2D eigenvalue weighted by Crippen LogP contribution is -2.05. The van der Waals surface area contributed by atoms with Crippen molar-refractivity contribution >= 4 is 50.8 Å². The van der Waals surface area contributed by atoms with Crippen molar-refractivity contribution in [1.29, 1.82) is 0 Å². The van der Waals surface area contributed by atoms with E-state index in [0.717, 1.165) is 38.2 Å². The standard InChI is InChI=1S/C14H16ClIN2/c1-4-10-8(3)18-14-11(13(10)17-5-2)6-9(16)7-12(14)15/h6-7H,4-5H2,1-3H3,(H,17,18). The molecular weight excluding hydrogens is 359 g/mol.